The lowest BCUT2D eigenvalue weighted by molar-refractivity contribution is 1.17. The lowest BCUT2D eigenvalue weighted by Crippen LogP contribution is -1.97. The first-order valence-corrected chi connectivity index (χ1v) is 6.32. The molecule has 0 aliphatic carbocycles. The van der Waals surface area contributed by atoms with Crippen LogP contribution in [0.2, 0.25) is 9.49 Å². The maximum absolute atomic E-state index is 5.95. The highest BCUT2D eigenvalue weighted by Crippen LogP contribution is 2.22. The SMILES string of the molecule is Cc1cc(NCc2cnc(Cl)s2)ccc1Cl. The number of anilines is 1. The number of benzene rings is 1. The molecule has 0 saturated carbocycles. The monoisotopic (exact) mass is 272 g/mol. The number of halogens is 2. The van der Waals surface area contributed by atoms with Gasteiger partial charge >= 0.3 is 0 Å². The molecule has 0 bridgehead atoms. The van der Waals surface area contributed by atoms with Crippen LogP contribution in [0.4, 0.5) is 5.69 Å². The van der Waals surface area contributed by atoms with E-state index in [1.54, 1.807) is 6.20 Å². The third-order valence-electron chi connectivity index (χ3n) is 2.15. The Kier molecular flexibility index (Phi) is 3.69. The Morgan fingerprint density at radius 1 is 1.38 bits per heavy atom. The van der Waals surface area contributed by atoms with Crippen LogP contribution in [-0.2, 0) is 6.54 Å². The van der Waals surface area contributed by atoms with Crippen LogP contribution >= 0.6 is 34.5 Å². The second-order valence-corrected chi connectivity index (χ2v) is 5.50. The van der Waals surface area contributed by atoms with Gasteiger partial charge < -0.3 is 5.32 Å². The molecule has 2 nitrogen and oxygen atoms in total. The Bertz CT molecular complexity index is 496. The summed E-state index contributed by atoms with van der Waals surface area (Å²) < 4.78 is 0.573. The highest BCUT2D eigenvalue weighted by atomic mass is 35.5. The molecule has 0 radical (unpaired) electrons. The van der Waals surface area contributed by atoms with Crippen LogP contribution < -0.4 is 5.32 Å². The van der Waals surface area contributed by atoms with Gasteiger partial charge in [-0.05, 0) is 30.7 Å². The Morgan fingerprint density at radius 3 is 2.81 bits per heavy atom. The molecule has 1 aromatic carbocycles. The van der Waals surface area contributed by atoms with E-state index in [0.29, 0.717) is 4.47 Å². The summed E-state index contributed by atoms with van der Waals surface area (Å²) in [6.45, 7) is 2.71. The second kappa shape index (κ2) is 5.04. The standard InChI is InChI=1S/C11H10Cl2N2S/c1-7-4-8(2-3-10(7)12)14-5-9-6-15-11(13)16-9/h2-4,6,14H,5H2,1H3. The van der Waals surface area contributed by atoms with Crippen molar-refractivity contribution in [3.05, 3.63) is 44.3 Å². The largest absolute Gasteiger partial charge is 0.380 e. The molecule has 0 spiro atoms. The molecule has 1 heterocycles. The van der Waals surface area contributed by atoms with E-state index in [1.165, 1.54) is 11.3 Å². The highest BCUT2D eigenvalue weighted by molar-refractivity contribution is 7.15. The van der Waals surface area contributed by atoms with Gasteiger partial charge in [0.25, 0.3) is 0 Å². The van der Waals surface area contributed by atoms with Crippen LogP contribution in [0.5, 0.6) is 0 Å². The van der Waals surface area contributed by atoms with Gasteiger partial charge in [0.2, 0.25) is 0 Å². The Hall–Kier alpha value is -0.770. The van der Waals surface area contributed by atoms with Crippen LogP contribution in [0.1, 0.15) is 10.4 Å². The number of nitrogens with zero attached hydrogens (tertiary/aromatic N) is 1. The molecule has 5 heteroatoms. The van der Waals surface area contributed by atoms with Gasteiger partial charge in [-0.1, -0.05) is 23.2 Å². The molecule has 1 N–H and O–H groups in total. The van der Waals surface area contributed by atoms with Gasteiger partial charge in [0, 0.05) is 21.8 Å². The number of hydrogen-bond acceptors (Lipinski definition) is 3. The van der Waals surface area contributed by atoms with Crippen molar-refractivity contribution in [3.63, 3.8) is 0 Å². The summed E-state index contributed by atoms with van der Waals surface area (Å²) >= 11 is 13.2. The van der Waals surface area contributed by atoms with Gasteiger partial charge in [-0.2, -0.15) is 0 Å². The van der Waals surface area contributed by atoms with Crippen LogP contribution in [0.15, 0.2) is 24.4 Å². The Morgan fingerprint density at radius 2 is 2.19 bits per heavy atom. The lowest BCUT2D eigenvalue weighted by Gasteiger charge is -2.06. The molecule has 0 aliphatic heterocycles. The molecular formula is C11H10Cl2N2S. The van der Waals surface area contributed by atoms with Gasteiger partial charge in [0.15, 0.2) is 4.47 Å². The van der Waals surface area contributed by atoms with Gasteiger partial charge in [-0.25, -0.2) is 4.98 Å². The number of aromatic nitrogens is 1. The van der Waals surface area contributed by atoms with Gasteiger partial charge in [0.1, 0.15) is 0 Å². The van der Waals surface area contributed by atoms with E-state index in [-0.39, 0.29) is 0 Å². The first-order chi connectivity index (χ1) is 7.65. The zero-order valence-corrected chi connectivity index (χ0v) is 11.0. The first kappa shape index (κ1) is 11.7. The minimum absolute atomic E-state index is 0.573. The number of rotatable bonds is 3. The van der Waals surface area contributed by atoms with Crippen molar-refractivity contribution in [1.82, 2.24) is 4.98 Å². The predicted octanol–water partition coefficient (Wildman–Crippen LogP) is 4.37. The average Bonchev–Trinajstić information content (AvgIpc) is 2.66. The van der Waals surface area contributed by atoms with E-state index in [9.17, 15) is 0 Å². The predicted molar refractivity (Wildman–Crippen MR) is 70.6 cm³/mol. The van der Waals surface area contributed by atoms with Crippen LogP contribution in [0, 0.1) is 6.92 Å². The summed E-state index contributed by atoms with van der Waals surface area (Å²) in [5, 5.41) is 4.08. The Balaban J connectivity index is 2.02. The molecule has 2 aromatic rings. The number of aryl methyl sites for hydroxylation is 1. The quantitative estimate of drug-likeness (QED) is 0.898. The maximum Gasteiger partial charge on any atom is 0.183 e. The zero-order valence-electron chi connectivity index (χ0n) is 8.63. The van der Waals surface area contributed by atoms with Crippen molar-refractivity contribution in [2.24, 2.45) is 0 Å². The molecule has 1 aromatic heterocycles. The molecule has 0 amide bonds. The molecular weight excluding hydrogens is 263 g/mol. The van der Waals surface area contributed by atoms with Crippen molar-refractivity contribution < 1.29 is 0 Å². The summed E-state index contributed by atoms with van der Waals surface area (Å²) in [7, 11) is 0. The zero-order chi connectivity index (χ0) is 11.5. The minimum Gasteiger partial charge on any atom is -0.380 e. The number of nitrogens with one attached hydrogen (secondary N) is 1. The fraction of sp³-hybridized carbons (Fsp3) is 0.182. The van der Waals surface area contributed by atoms with Crippen molar-refractivity contribution >= 4 is 40.2 Å². The molecule has 0 atom stereocenters. The summed E-state index contributed by atoms with van der Waals surface area (Å²) in [5.74, 6) is 0. The highest BCUT2D eigenvalue weighted by Gasteiger charge is 2.00. The van der Waals surface area contributed by atoms with E-state index in [2.05, 4.69) is 10.3 Å². The van der Waals surface area contributed by atoms with E-state index < -0.39 is 0 Å². The topological polar surface area (TPSA) is 24.9 Å². The van der Waals surface area contributed by atoms with Crippen molar-refractivity contribution in [2.45, 2.75) is 13.5 Å². The second-order valence-electron chi connectivity index (χ2n) is 3.40. The van der Waals surface area contributed by atoms with E-state index >= 15 is 0 Å². The van der Waals surface area contributed by atoms with Crippen molar-refractivity contribution in [3.8, 4) is 0 Å². The van der Waals surface area contributed by atoms with Crippen LogP contribution in [0.25, 0.3) is 0 Å². The van der Waals surface area contributed by atoms with E-state index in [1.807, 2.05) is 25.1 Å². The lowest BCUT2D eigenvalue weighted by atomic mass is 10.2. The third-order valence-corrected chi connectivity index (χ3v) is 3.69. The van der Waals surface area contributed by atoms with Crippen LogP contribution in [-0.4, -0.2) is 4.98 Å². The fourth-order valence-electron chi connectivity index (χ4n) is 1.31. The fourth-order valence-corrected chi connectivity index (χ4v) is 2.34. The summed E-state index contributed by atoms with van der Waals surface area (Å²) in [5.41, 5.74) is 2.11. The summed E-state index contributed by atoms with van der Waals surface area (Å²) in [6, 6.07) is 5.86. The van der Waals surface area contributed by atoms with Gasteiger partial charge in [0.05, 0.1) is 6.54 Å². The Labute approximate surface area is 108 Å². The molecule has 84 valence electrons. The maximum atomic E-state index is 5.95. The normalized spacial score (nSPS) is 10.4. The van der Waals surface area contributed by atoms with Crippen molar-refractivity contribution in [2.75, 3.05) is 5.32 Å². The average molecular weight is 273 g/mol. The summed E-state index contributed by atoms with van der Waals surface area (Å²) in [6.07, 6.45) is 1.78. The first-order valence-electron chi connectivity index (χ1n) is 4.75. The third kappa shape index (κ3) is 2.88. The molecule has 16 heavy (non-hydrogen) atoms. The molecule has 0 saturated heterocycles. The van der Waals surface area contributed by atoms with Gasteiger partial charge in [-0.15, -0.1) is 11.3 Å². The summed E-state index contributed by atoms with van der Waals surface area (Å²) in [4.78, 5) is 5.09. The molecule has 0 unspecified atom stereocenters. The number of thiazole rings is 1. The van der Waals surface area contributed by atoms with Crippen molar-refractivity contribution in [1.29, 1.82) is 0 Å². The smallest absolute Gasteiger partial charge is 0.183 e. The molecule has 0 aliphatic rings. The van der Waals surface area contributed by atoms with Gasteiger partial charge in [-0.3, -0.25) is 0 Å². The number of hydrogen-bond donors (Lipinski definition) is 1. The van der Waals surface area contributed by atoms with E-state index in [4.69, 9.17) is 23.2 Å². The van der Waals surface area contributed by atoms with E-state index in [0.717, 1.165) is 27.7 Å². The minimum atomic E-state index is 0.573. The molecule has 0 fully saturated rings. The molecule has 2 rings (SSSR count). The van der Waals surface area contributed by atoms with Crippen LogP contribution in [0.3, 0.4) is 0 Å².